The minimum Gasteiger partial charge on any atom is -0.345 e. The van der Waals surface area contributed by atoms with Gasteiger partial charge in [0.15, 0.2) is 0 Å². The van der Waals surface area contributed by atoms with Gasteiger partial charge < -0.3 is 9.47 Å². The fourth-order valence-electron chi connectivity index (χ4n) is 2.33. The smallest absolute Gasteiger partial charge is 0.240 e. The minimum absolute atomic E-state index is 0.0779. The van der Waals surface area contributed by atoms with Crippen LogP contribution in [0.3, 0.4) is 0 Å². The molecular formula is C15H29Cl3O2Si. The molecule has 2 nitrogen and oxygen atoms in total. The highest BCUT2D eigenvalue weighted by Gasteiger charge is 2.45. The van der Waals surface area contributed by atoms with E-state index in [1.165, 1.54) is 0 Å². The lowest BCUT2D eigenvalue weighted by molar-refractivity contribution is -0.244. The van der Waals surface area contributed by atoms with E-state index in [2.05, 4.69) is 47.7 Å². The highest BCUT2D eigenvalue weighted by molar-refractivity contribution is 6.80. The molecule has 1 heterocycles. The lowest BCUT2D eigenvalue weighted by Gasteiger charge is -2.45. The zero-order valence-corrected chi connectivity index (χ0v) is 17.4. The molecule has 3 atom stereocenters. The Morgan fingerprint density at radius 2 is 1.62 bits per heavy atom. The molecule has 21 heavy (non-hydrogen) atoms. The van der Waals surface area contributed by atoms with Gasteiger partial charge in [-0.25, -0.2) is 0 Å². The average Bonchev–Trinajstić information content (AvgIpc) is 2.24. The summed E-state index contributed by atoms with van der Waals surface area (Å²) in [5.41, 5.74) is 0. The van der Waals surface area contributed by atoms with Gasteiger partial charge >= 0.3 is 0 Å². The van der Waals surface area contributed by atoms with Crippen LogP contribution < -0.4 is 0 Å². The van der Waals surface area contributed by atoms with Crippen molar-refractivity contribution >= 4 is 42.9 Å². The van der Waals surface area contributed by atoms with Gasteiger partial charge in [-0.15, -0.1) is 0 Å². The van der Waals surface area contributed by atoms with Crippen molar-refractivity contribution in [1.82, 2.24) is 0 Å². The predicted molar refractivity (Wildman–Crippen MR) is 95.3 cm³/mol. The van der Waals surface area contributed by atoms with Gasteiger partial charge in [0.2, 0.25) is 10.1 Å². The van der Waals surface area contributed by atoms with Crippen LogP contribution in [0.15, 0.2) is 0 Å². The largest absolute Gasteiger partial charge is 0.345 e. The first-order chi connectivity index (χ1) is 9.24. The van der Waals surface area contributed by atoms with Gasteiger partial charge in [-0.05, 0) is 23.4 Å². The Balaban J connectivity index is 2.86. The molecule has 0 radical (unpaired) electrons. The average molecular weight is 376 g/mol. The third-order valence-corrected chi connectivity index (χ3v) is 11.0. The standard InChI is InChI=1S/C15H29Cl3O2Si/c1-10(2)12-8-11(9-21(6,7)14(3,4)5)19-13(20-12)15(16,17)18/h10-13H,8-9H2,1-7H3. The Bertz CT molecular complexity index is 348. The molecule has 0 spiro atoms. The molecule has 6 heteroatoms. The fourth-order valence-corrected chi connectivity index (χ4v) is 4.65. The Labute approximate surface area is 145 Å². The number of hydrogen-bond acceptors (Lipinski definition) is 2. The molecule has 1 saturated heterocycles. The molecule has 0 aromatic heterocycles. The maximum Gasteiger partial charge on any atom is 0.240 e. The summed E-state index contributed by atoms with van der Waals surface area (Å²) in [5, 5.41) is 0.317. The van der Waals surface area contributed by atoms with Crippen LogP contribution >= 0.6 is 34.8 Å². The van der Waals surface area contributed by atoms with Crippen LogP contribution in [0.5, 0.6) is 0 Å². The van der Waals surface area contributed by atoms with E-state index in [1.54, 1.807) is 0 Å². The van der Waals surface area contributed by atoms with E-state index in [9.17, 15) is 0 Å². The highest BCUT2D eigenvalue weighted by atomic mass is 35.6. The topological polar surface area (TPSA) is 18.5 Å². The lowest BCUT2D eigenvalue weighted by Crippen LogP contribution is -2.50. The van der Waals surface area contributed by atoms with E-state index in [0.29, 0.717) is 11.0 Å². The van der Waals surface area contributed by atoms with Crippen molar-refractivity contribution < 1.29 is 9.47 Å². The molecular weight excluding hydrogens is 347 g/mol. The van der Waals surface area contributed by atoms with Crippen LogP contribution in [0.25, 0.3) is 0 Å². The van der Waals surface area contributed by atoms with Crippen molar-refractivity contribution in [2.45, 2.75) is 87.5 Å². The third-order valence-electron chi connectivity index (χ3n) is 4.89. The first kappa shape index (κ1) is 20.1. The molecule has 0 bridgehead atoms. The van der Waals surface area contributed by atoms with Gasteiger partial charge in [-0.2, -0.15) is 0 Å². The summed E-state index contributed by atoms with van der Waals surface area (Å²) in [6, 6.07) is 1.06. The van der Waals surface area contributed by atoms with E-state index in [0.717, 1.165) is 12.5 Å². The molecule has 1 fully saturated rings. The molecule has 0 amide bonds. The quantitative estimate of drug-likeness (QED) is 0.443. The maximum absolute atomic E-state index is 6.00. The van der Waals surface area contributed by atoms with Gasteiger partial charge in [0.05, 0.1) is 20.3 Å². The van der Waals surface area contributed by atoms with Crippen molar-refractivity contribution in [2.24, 2.45) is 5.92 Å². The molecule has 0 saturated carbocycles. The van der Waals surface area contributed by atoms with Gasteiger partial charge in [-0.3, -0.25) is 0 Å². The van der Waals surface area contributed by atoms with Crippen LogP contribution in [-0.2, 0) is 9.47 Å². The molecule has 0 aliphatic carbocycles. The van der Waals surface area contributed by atoms with E-state index in [4.69, 9.17) is 44.3 Å². The molecule has 126 valence electrons. The summed E-state index contributed by atoms with van der Waals surface area (Å²) >= 11 is 18.0. The van der Waals surface area contributed by atoms with Crippen LogP contribution in [0.4, 0.5) is 0 Å². The van der Waals surface area contributed by atoms with Crippen LogP contribution in [-0.4, -0.2) is 30.4 Å². The second kappa shape index (κ2) is 6.86. The Morgan fingerprint density at radius 3 is 2.00 bits per heavy atom. The van der Waals surface area contributed by atoms with Gasteiger partial charge in [0.1, 0.15) is 0 Å². The Kier molecular flexibility index (Phi) is 6.55. The van der Waals surface area contributed by atoms with Crippen molar-refractivity contribution in [3.63, 3.8) is 0 Å². The fraction of sp³-hybridized carbons (Fsp3) is 1.00. The second-order valence-corrected chi connectivity index (χ2v) is 16.2. The maximum atomic E-state index is 6.00. The summed E-state index contributed by atoms with van der Waals surface area (Å²) in [7, 11) is -1.46. The van der Waals surface area contributed by atoms with Crippen molar-refractivity contribution in [2.75, 3.05) is 0 Å². The van der Waals surface area contributed by atoms with Crippen molar-refractivity contribution in [3.8, 4) is 0 Å². The number of hydrogen-bond donors (Lipinski definition) is 0. The van der Waals surface area contributed by atoms with Crippen LogP contribution in [0.1, 0.15) is 41.0 Å². The molecule has 0 aromatic rings. The molecule has 1 rings (SSSR count). The Hall–Kier alpha value is 1.01. The SMILES string of the molecule is CC(C)C1CC(C[Si](C)(C)C(C)(C)C)OC(C(Cl)(Cl)Cl)O1. The highest BCUT2D eigenvalue weighted by Crippen LogP contribution is 2.44. The van der Waals surface area contributed by atoms with Gasteiger partial charge in [-0.1, -0.05) is 82.5 Å². The van der Waals surface area contributed by atoms with Gasteiger partial charge in [0, 0.05) is 0 Å². The third kappa shape index (κ3) is 5.54. The van der Waals surface area contributed by atoms with Crippen molar-refractivity contribution in [3.05, 3.63) is 0 Å². The summed E-state index contributed by atoms with van der Waals surface area (Å²) in [6.07, 6.45) is 0.279. The first-order valence-corrected chi connectivity index (χ1v) is 12.0. The van der Waals surface area contributed by atoms with E-state index in [1.807, 2.05) is 0 Å². The van der Waals surface area contributed by atoms with Crippen LogP contribution in [0.2, 0.25) is 24.2 Å². The van der Waals surface area contributed by atoms with E-state index < -0.39 is 18.2 Å². The molecule has 0 N–H and O–H groups in total. The number of rotatable bonds is 3. The normalized spacial score (nSPS) is 29.0. The second-order valence-electron chi connectivity index (χ2n) is 8.12. The zero-order valence-electron chi connectivity index (χ0n) is 14.2. The number of ether oxygens (including phenoxy) is 2. The zero-order chi connectivity index (χ0) is 16.6. The predicted octanol–water partition coefficient (Wildman–Crippen LogP) is 6.02. The van der Waals surface area contributed by atoms with Crippen LogP contribution in [0, 0.1) is 5.92 Å². The van der Waals surface area contributed by atoms with Gasteiger partial charge in [0.25, 0.3) is 0 Å². The molecule has 0 aromatic carbocycles. The van der Waals surface area contributed by atoms with E-state index in [-0.39, 0.29) is 12.2 Å². The first-order valence-electron chi connectivity index (χ1n) is 7.61. The van der Waals surface area contributed by atoms with Crippen molar-refractivity contribution in [1.29, 1.82) is 0 Å². The number of halogens is 3. The van der Waals surface area contributed by atoms with E-state index >= 15 is 0 Å². The monoisotopic (exact) mass is 374 g/mol. The lowest BCUT2D eigenvalue weighted by atomic mass is 10.0. The summed E-state index contributed by atoms with van der Waals surface area (Å²) in [4.78, 5) is 0. The summed E-state index contributed by atoms with van der Waals surface area (Å²) < 4.78 is 10.3. The molecule has 1 aliphatic heterocycles. The molecule has 3 unspecified atom stereocenters. The Morgan fingerprint density at radius 1 is 1.10 bits per heavy atom. The molecule has 1 aliphatic rings. The minimum atomic E-state index is -1.54. The summed E-state index contributed by atoms with van der Waals surface area (Å²) in [5.74, 6) is 0.380. The number of alkyl halides is 3. The summed E-state index contributed by atoms with van der Waals surface area (Å²) in [6.45, 7) is 16.0.